The predicted octanol–water partition coefficient (Wildman–Crippen LogP) is 3.40. The summed E-state index contributed by atoms with van der Waals surface area (Å²) in [6.07, 6.45) is 14.7. The summed E-state index contributed by atoms with van der Waals surface area (Å²) < 4.78 is 0. The zero-order valence-corrected chi connectivity index (χ0v) is 11.6. The van der Waals surface area contributed by atoms with Crippen LogP contribution in [0.1, 0.15) is 64.2 Å². The van der Waals surface area contributed by atoms with Crippen molar-refractivity contribution in [3.63, 3.8) is 0 Å². The lowest BCUT2D eigenvalue weighted by Gasteiger charge is -2.41. The van der Waals surface area contributed by atoms with E-state index in [1.54, 1.807) is 0 Å². The number of nitrogens with zero attached hydrogens (tertiary/aromatic N) is 1. The molecule has 3 rings (SSSR count). The van der Waals surface area contributed by atoms with E-state index in [1.807, 2.05) is 0 Å². The van der Waals surface area contributed by atoms with Crippen LogP contribution in [-0.2, 0) is 4.79 Å². The second-order valence-corrected chi connectivity index (χ2v) is 7.17. The van der Waals surface area contributed by atoms with Gasteiger partial charge in [0.1, 0.15) is 6.29 Å². The summed E-state index contributed by atoms with van der Waals surface area (Å²) in [5.74, 6) is 0. The molecule has 2 aliphatic carbocycles. The summed E-state index contributed by atoms with van der Waals surface area (Å²) in [7, 11) is 0. The second-order valence-electron chi connectivity index (χ2n) is 7.17. The zero-order chi connectivity index (χ0) is 12.5. The smallest absolute Gasteiger partial charge is 0.127 e. The van der Waals surface area contributed by atoms with Crippen molar-refractivity contribution in [2.75, 3.05) is 19.6 Å². The van der Waals surface area contributed by atoms with Crippen LogP contribution in [0.5, 0.6) is 0 Å². The van der Waals surface area contributed by atoms with Crippen LogP contribution >= 0.6 is 0 Å². The highest BCUT2D eigenvalue weighted by Gasteiger charge is 2.40. The summed E-state index contributed by atoms with van der Waals surface area (Å²) in [5, 5.41) is 0. The molecule has 2 heteroatoms. The highest BCUT2D eigenvalue weighted by molar-refractivity contribution is 5.60. The first-order valence-corrected chi connectivity index (χ1v) is 7.95. The van der Waals surface area contributed by atoms with Gasteiger partial charge in [0.25, 0.3) is 0 Å². The Hall–Kier alpha value is -0.370. The molecule has 18 heavy (non-hydrogen) atoms. The van der Waals surface area contributed by atoms with Gasteiger partial charge in [0.15, 0.2) is 0 Å². The Labute approximate surface area is 111 Å². The fraction of sp³-hybridized carbons (Fsp3) is 0.938. The van der Waals surface area contributed by atoms with Crippen molar-refractivity contribution in [2.45, 2.75) is 64.2 Å². The van der Waals surface area contributed by atoms with E-state index in [-0.39, 0.29) is 5.41 Å². The van der Waals surface area contributed by atoms with Gasteiger partial charge in [-0.25, -0.2) is 0 Å². The lowest BCUT2D eigenvalue weighted by Crippen LogP contribution is -2.44. The predicted molar refractivity (Wildman–Crippen MR) is 73.5 cm³/mol. The molecule has 0 bridgehead atoms. The molecule has 0 aromatic heterocycles. The molecular weight excluding hydrogens is 222 g/mol. The summed E-state index contributed by atoms with van der Waals surface area (Å²) in [6, 6.07) is 0. The van der Waals surface area contributed by atoms with Gasteiger partial charge in [-0.2, -0.15) is 0 Å². The minimum Gasteiger partial charge on any atom is -0.303 e. The van der Waals surface area contributed by atoms with Crippen LogP contribution < -0.4 is 0 Å². The van der Waals surface area contributed by atoms with Gasteiger partial charge in [-0.1, -0.05) is 25.7 Å². The maximum atomic E-state index is 11.4. The molecular formula is C16H27NO. The van der Waals surface area contributed by atoms with Crippen molar-refractivity contribution in [2.24, 2.45) is 10.8 Å². The topological polar surface area (TPSA) is 20.3 Å². The number of piperidine rings is 1. The molecule has 0 amide bonds. The van der Waals surface area contributed by atoms with Crippen LogP contribution in [0.4, 0.5) is 0 Å². The maximum absolute atomic E-state index is 11.4. The lowest BCUT2D eigenvalue weighted by molar-refractivity contribution is -0.117. The Morgan fingerprint density at radius 1 is 0.833 bits per heavy atom. The molecule has 0 atom stereocenters. The standard InChI is InChI=1S/C16H27NO/c18-14-16(7-3-4-8-16)13-17-11-9-15(10-12-17)5-1-2-6-15/h14H,1-13H2. The average Bonchev–Trinajstić information content (AvgIpc) is 3.03. The molecule has 0 N–H and O–H groups in total. The van der Waals surface area contributed by atoms with E-state index in [0.29, 0.717) is 5.41 Å². The molecule has 1 heterocycles. The third-order valence-electron chi connectivity index (χ3n) is 5.97. The number of aldehydes is 1. The van der Waals surface area contributed by atoms with Gasteiger partial charge in [0.2, 0.25) is 0 Å². The molecule has 0 unspecified atom stereocenters. The quantitative estimate of drug-likeness (QED) is 0.714. The van der Waals surface area contributed by atoms with Gasteiger partial charge in [-0.15, -0.1) is 0 Å². The van der Waals surface area contributed by atoms with Crippen molar-refractivity contribution < 1.29 is 4.79 Å². The molecule has 1 spiro atoms. The molecule has 2 saturated carbocycles. The number of carbonyl (C=O) groups excluding carboxylic acids is 1. The number of likely N-dealkylation sites (tertiary alicyclic amines) is 1. The molecule has 1 saturated heterocycles. The highest BCUT2D eigenvalue weighted by Crippen LogP contribution is 2.47. The first kappa shape index (κ1) is 12.7. The molecule has 1 aliphatic heterocycles. The largest absolute Gasteiger partial charge is 0.303 e. The van der Waals surface area contributed by atoms with Gasteiger partial charge in [-0.3, -0.25) is 0 Å². The van der Waals surface area contributed by atoms with Crippen molar-refractivity contribution in [1.29, 1.82) is 0 Å². The molecule has 0 aromatic carbocycles. The van der Waals surface area contributed by atoms with E-state index in [9.17, 15) is 4.79 Å². The van der Waals surface area contributed by atoms with E-state index in [4.69, 9.17) is 0 Å². The third kappa shape index (κ3) is 2.36. The highest BCUT2D eigenvalue weighted by atomic mass is 16.1. The molecule has 3 fully saturated rings. The van der Waals surface area contributed by atoms with Crippen molar-refractivity contribution in [3.8, 4) is 0 Å². The van der Waals surface area contributed by atoms with Crippen LogP contribution in [-0.4, -0.2) is 30.8 Å². The number of carbonyl (C=O) groups is 1. The van der Waals surface area contributed by atoms with Gasteiger partial charge < -0.3 is 9.69 Å². The van der Waals surface area contributed by atoms with Crippen molar-refractivity contribution in [1.82, 2.24) is 4.90 Å². The van der Waals surface area contributed by atoms with E-state index >= 15 is 0 Å². The van der Waals surface area contributed by atoms with Gasteiger partial charge in [0, 0.05) is 12.0 Å². The Bertz CT molecular complexity index is 290. The summed E-state index contributed by atoms with van der Waals surface area (Å²) in [6.45, 7) is 3.54. The molecule has 0 aromatic rings. The van der Waals surface area contributed by atoms with Gasteiger partial charge in [-0.05, 0) is 57.0 Å². The number of rotatable bonds is 3. The molecule has 3 aliphatic rings. The maximum Gasteiger partial charge on any atom is 0.127 e. The minimum atomic E-state index is 0.0280. The van der Waals surface area contributed by atoms with Crippen LogP contribution in [0.15, 0.2) is 0 Å². The Balaban J connectivity index is 1.55. The van der Waals surface area contributed by atoms with Crippen molar-refractivity contribution >= 4 is 6.29 Å². The fourth-order valence-electron chi connectivity index (χ4n) is 4.65. The van der Waals surface area contributed by atoms with Crippen molar-refractivity contribution in [3.05, 3.63) is 0 Å². The van der Waals surface area contributed by atoms with Gasteiger partial charge >= 0.3 is 0 Å². The summed E-state index contributed by atoms with van der Waals surface area (Å²) in [5.41, 5.74) is 0.737. The average molecular weight is 249 g/mol. The molecule has 102 valence electrons. The Morgan fingerprint density at radius 2 is 1.39 bits per heavy atom. The minimum absolute atomic E-state index is 0.0280. The van der Waals surface area contributed by atoms with E-state index in [0.717, 1.165) is 19.4 Å². The third-order valence-corrected chi connectivity index (χ3v) is 5.97. The van der Waals surface area contributed by atoms with E-state index in [1.165, 1.54) is 70.7 Å². The summed E-state index contributed by atoms with van der Waals surface area (Å²) >= 11 is 0. The zero-order valence-electron chi connectivity index (χ0n) is 11.6. The SMILES string of the molecule is O=CC1(CN2CCC3(CCCC3)CC2)CCCC1. The fourth-order valence-corrected chi connectivity index (χ4v) is 4.65. The van der Waals surface area contributed by atoms with E-state index in [2.05, 4.69) is 4.90 Å². The number of hydrogen-bond acceptors (Lipinski definition) is 2. The normalized spacial score (nSPS) is 30.9. The number of hydrogen-bond donors (Lipinski definition) is 0. The molecule has 0 radical (unpaired) electrons. The second kappa shape index (κ2) is 4.96. The van der Waals surface area contributed by atoms with Crippen LogP contribution in [0.3, 0.4) is 0 Å². The lowest BCUT2D eigenvalue weighted by atomic mass is 9.76. The van der Waals surface area contributed by atoms with Gasteiger partial charge in [0.05, 0.1) is 0 Å². The Kier molecular flexibility index (Phi) is 3.48. The molecule has 2 nitrogen and oxygen atoms in total. The first-order valence-electron chi connectivity index (χ1n) is 7.95. The Morgan fingerprint density at radius 3 is 1.94 bits per heavy atom. The van der Waals surface area contributed by atoms with Crippen LogP contribution in [0, 0.1) is 10.8 Å². The van der Waals surface area contributed by atoms with E-state index < -0.39 is 0 Å². The first-order chi connectivity index (χ1) is 8.76. The van der Waals surface area contributed by atoms with Crippen LogP contribution in [0.25, 0.3) is 0 Å². The monoisotopic (exact) mass is 249 g/mol. The van der Waals surface area contributed by atoms with Crippen LogP contribution in [0.2, 0.25) is 0 Å². The summed E-state index contributed by atoms with van der Waals surface area (Å²) in [4.78, 5) is 14.0.